The number of carbonyl (C=O) groups excluding carboxylic acids is 1. The van der Waals surface area contributed by atoms with Crippen molar-refractivity contribution in [1.29, 1.82) is 0 Å². The van der Waals surface area contributed by atoms with Crippen molar-refractivity contribution in [3.05, 3.63) is 74.6 Å². The Hall–Kier alpha value is -3.36. The molecule has 0 aliphatic heterocycles. The molecule has 9 heteroatoms. The summed E-state index contributed by atoms with van der Waals surface area (Å²) in [6.07, 6.45) is 1.30. The van der Waals surface area contributed by atoms with Crippen molar-refractivity contribution in [1.82, 2.24) is 9.66 Å². The van der Waals surface area contributed by atoms with Crippen molar-refractivity contribution in [2.75, 3.05) is 19.6 Å². The second-order valence-electron chi connectivity index (χ2n) is 6.63. The molecule has 158 valence electrons. The summed E-state index contributed by atoms with van der Waals surface area (Å²) in [7, 11) is 2.90. The number of thiophene rings is 1. The number of ether oxygens (including phenoxy) is 2. The summed E-state index contributed by atoms with van der Waals surface area (Å²) in [5.41, 5.74) is 4.15. The standard InChI is InChI=1S/C22H18ClN3O4S/c1-12-17(13-7-5-4-6-8-13)18-21(31-12)24-11-26(22(18)28)25-20(27)14-9-15(23)19(30-3)16(10-14)29-2/h4-11H,1-3H3,(H,25,27). The predicted octanol–water partition coefficient (Wildman–Crippen LogP) is 4.49. The summed E-state index contributed by atoms with van der Waals surface area (Å²) in [4.78, 5) is 32.0. The van der Waals surface area contributed by atoms with Gasteiger partial charge in [0.1, 0.15) is 11.2 Å². The smallest absolute Gasteiger partial charge is 0.281 e. The van der Waals surface area contributed by atoms with Gasteiger partial charge >= 0.3 is 0 Å². The van der Waals surface area contributed by atoms with Gasteiger partial charge in [-0.05, 0) is 24.6 Å². The van der Waals surface area contributed by atoms with Crippen molar-refractivity contribution in [2.24, 2.45) is 0 Å². The lowest BCUT2D eigenvalue weighted by Crippen LogP contribution is -2.33. The highest BCUT2D eigenvalue weighted by atomic mass is 35.5. The first-order chi connectivity index (χ1) is 14.9. The topological polar surface area (TPSA) is 82.5 Å². The van der Waals surface area contributed by atoms with Crippen molar-refractivity contribution in [2.45, 2.75) is 6.92 Å². The minimum absolute atomic E-state index is 0.208. The number of carbonyl (C=O) groups is 1. The number of rotatable bonds is 5. The Morgan fingerprint density at radius 2 is 1.90 bits per heavy atom. The average molecular weight is 456 g/mol. The first-order valence-corrected chi connectivity index (χ1v) is 10.4. The number of nitrogens with zero attached hydrogens (tertiary/aromatic N) is 2. The minimum Gasteiger partial charge on any atom is -0.493 e. The molecule has 0 saturated heterocycles. The molecule has 0 bridgehead atoms. The van der Waals surface area contributed by atoms with E-state index in [-0.39, 0.29) is 16.1 Å². The summed E-state index contributed by atoms with van der Waals surface area (Å²) >= 11 is 7.63. The van der Waals surface area contributed by atoms with Crippen molar-refractivity contribution in [3.8, 4) is 22.6 Å². The zero-order chi connectivity index (χ0) is 22.1. The Kier molecular flexibility index (Phi) is 5.67. The normalized spacial score (nSPS) is 10.8. The maximum absolute atomic E-state index is 13.2. The van der Waals surface area contributed by atoms with Crippen LogP contribution in [0.25, 0.3) is 21.3 Å². The highest BCUT2D eigenvalue weighted by Gasteiger charge is 2.19. The molecule has 2 aromatic heterocycles. The summed E-state index contributed by atoms with van der Waals surface area (Å²) in [6.45, 7) is 1.95. The summed E-state index contributed by atoms with van der Waals surface area (Å²) in [5.74, 6) is 0.0856. The van der Waals surface area contributed by atoms with Crippen LogP contribution >= 0.6 is 22.9 Å². The maximum Gasteiger partial charge on any atom is 0.281 e. The van der Waals surface area contributed by atoms with Gasteiger partial charge in [-0.15, -0.1) is 11.3 Å². The van der Waals surface area contributed by atoms with E-state index in [4.69, 9.17) is 21.1 Å². The van der Waals surface area contributed by atoms with E-state index in [1.54, 1.807) is 0 Å². The molecular formula is C22H18ClN3O4S. The van der Waals surface area contributed by atoms with Crippen molar-refractivity contribution >= 4 is 39.1 Å². The number of halogens is 1. The summed E-state index contributed by atoms with van der Waals surface area (Å²) in [6, 6.07) is 12.6. The van der Waals surface area contributed by atoms with Crippen LogP contribution in [0.2, 0.25) is 5.02 Å². The molecule has 0 spiro atoms. The van der Waals surface area contributed by atoms with Crippen LogP contribution in [0.5, 0.6) is 11.5 Å². The third-order valence-electron chi connectivity index (χ3n) is 4.77. The van der Waals surface area contributed by atoms with Gasteiger partial charge in [-0.1, -0.05) is 41.9 Å². The molecule has 2 heterocycles. The van der Waals surface area contributed by atoms with Crippen LogP contribution < -0.4 is 20.5 Å². The van der Waals surface area contributed by atoms with Gasteiger partial charge in [-0.25, -0.2) is 9.66 Å². The Labute approximate surface area is 186 Å². The Morgan fingerprint density at radius 3 is 2.58 bits per heavy atom. The van der Waals surface area contributed by atoms with Gasteiger partial charge in [0.2, 0.25) is 0 Å². The van der Waals surface area contributed by atoms with E-state index in [0.717, 1.165) is 20.7 Å². The highest BCUT2D eigenvalue weighted by molar-refractivity contribution is 7.19. The van der Waals surface area contributed by atoms with E-state index in [9.17, 15) is 9.59 Å². The number of hydrogen-bond donors (Lipinski definition) is 1. The van der Waals surface area contributed by atoms with Gasteiger partial charge in [0.25, 0.3) is 11.5 Å². The number of amides is 1. The maximum atomic E-state index is 13.2. The highest BCUT2D eigenvalue weighted by Crippen LogP contribution is 2.36. The molecule has 0 saturated carbocycles. The second kappa shape index (κ2) is 8.41. The van der Waals surface area contributed by atoms with Crippen LogP contribution in [-0.2, 0) is 0 Å². The zero-order valence-corrected chi connectivity index (χ0v) is 18.5. The van der Waals surface area contributed by atoms with Gasteiger partial charge in [-0.3, -0.25) is 15.0 Å². The van der Waals surface area contributed by atoms with Gasteiger partial charge in [0.15, 0.2) is 11.5 Å². The lowest BCUT2D eigenvalue weighted by atomic mass is 10.0. The number of benzene rings is 2. The third-order valence-corrected chi connectivity index (χ3v) is 6.06. The third kappa shape index (κ3) is 3.75. The molecule has 1 amide bonds. The first kappa shape index (κ1) is 20.9. The van der Waals surface area contributed by atoms with Crippen LogP contribution in [0.1, 0.15) is 15.2 Å². The molecule has 0 unspecified atom stereocenters. The SMILES string of the molecule is COc1cc(C(=O)Nn2cnc3sc(C)c(-c4ccccc4)c3c2=O)cc(Cl)c1OC. The molecule has 0 aliphatic rings. The van der Waals surface area contributed by atoms with Crippen LogP contribution in [0, 0.1) is 6.92 Å². The van der Waals surface area contributed by atoms with E-state index in [0.29, 0.717) is 21.7 Å². The van der Waals surface area contributed by atoms with Crippen LogP contribution in [0.3, 0.4) is 0 Å². The van der Waals surface area contributed by atoms with Gasteiger partial charge in [0, 0.05) is 16.0 Å². The molecule has 0 aliphatic carbocycles. The molecule has 1 N–H and O–H groups in total. The lowest BCUT2D eigenvalue weighted by molar-refractivity contribution is 0.101. The zero-order valence-electron chi connectivity index (χ0n) is 16.9. The van der Waals surface area contributed by atoms with Gasteiger partial charge in [0.05, 0.1) is 24.6 Å². The van der Waals surface area contributed by atoms with E-state index in [1.807, 2.05) is 37.3 Å². The molecule has 2 aromatic carbocycles. The number of fused-ring (bicyclic) bond motifs is 1. The Bertz CT molecular complexity index is 1350. The monoisotopic (exact) mass is 455 g/mol. The molecule has 7 nitrogen and oxygen atoms in total. The number of nitrogens with one attached hydrogen (secondary N) is 1. The molecule has 4 rings (SSSR count). The van der Waals surface area contributed by atoms with Crippen LogP contribution in [-0.4, -0.2) is 29.8 Å². The molecule has 31 heavy (non-hydrogen) atoms. The van der Waals surface area contributed by atoms with Gasteiger partial charge in [-0.2, -0.15) is 0 Å². The van der Waals surface area contributed by atoms with Gasteiger partial charge < -0.3 is 9.47 Å². The average Bonchev–Trinajstić information content (AvgIpc) is 3.12. The minimum atomic E-state index is -0.542. The van der Waals surface area contributed by atoms with E-state index in [1.165, 1.54) is 44.0 Å². The van der Waals surface area contributed by atoms with E-state index >= 15 is 0 Å². The van der Waals surface area contributed by atoms with E-state index < -0.39 is 5.91 Å². The molecule has 4 aromatic rings. The Morgan fingerprint density at radius 1 is 1.16 bits per heavy atom. The van der Waals surface area contributed by atoms with Crippen molar-refractivity contribution < 1.29 is 14.3 Å². The largest absolute Gasteiger partial charge is 0.493 e. The summed E-state index contributed by atoms with van der Waals surface area (Å²) in [5, 5.41) is 0.676. The number of aromatic nitrogens is 2. The van der Waals surface area contributed by atoms with Crippen LogP contribution in [0.4, 0.5) is 0 Å². The fourth-order valence-corrected chi connectivity index (χ4v) is 4.65. The molecule has 0 atom stereocenters. The predicted molar refractivity (Wildman–Crippen MR) is 122 cm³/mol. The fourth-order valence-electron chi connectivity index (χ4n) is 3.36. The van der Waals surface area contributed by atoms with Crippen LogP contribution in [0.15, 0.2) is 53.6 Å². The lowest BCUT2D eigenvalue weighted by Gasteiger charge is -2.12. The second-order valence-corrected chi connectivity index (χ2v) is 8.24. The molecular weight excluding hydrogens is 438 g/mol. The van der Waals surface area contributed by atoms with E-state index in [2.05, 4.69) is 10.4 Å². The summed E-state index contributed by atoms with van der Waals surface area (Å²) < 4.78 is 11.5. The number of hydrogen-bond acceptors (Lipinski definition) is 6. The number of aryl methyl sites for hydroxylation is 1. The van der Waals surface area contributed by atoms with Crippen molar-refractivity contribution in [3.63, 3.8) is 0 Å². The fraction of sp³-hybridized carbons (Fsp3) is 0.136. The molecule has 0 radical (unpaired) electrons. The molecule has 0 fully saturated rings. The number of methoxy groups -OCH3 is 2. The quantitative estimate of drug-likeness (QED) is 0.479. The first-order valence-electron chi connectivity index (χ1n) is 9.23. The Balaban J connectivity index is 1.76.